The molecule has 126 valence electrons. The van der Waals surface area contributed by atoms with Crippen molar-refractivity contribution in [3.05, 3.63) is 84.9 Å². The van der Waals surface area contributed by atoms with Crippen LogP contribution in [0.15, 0.2) is 52.3 Å². The predicted octanol–water partition coefficient (Wildman–Crippen LogP) is 3.18. The Morgan fingerprint density at radius 2 is 1.80 bits per heavy atom. The molecule has 0 fully saturated rings. The molecule has 2 heterocycles. The lowest BCUT2D eigenvalue weighted by Gasteiger charge is -2.16. The summed E-state index contributed by atoms with van der Waals surface area (Å²) in [6.07, 6.45) is 5.26. The maximum absolute atomic E-state index is 13.2. The highest BCUT2D eigenvalue weighted by Gasteiger charge is 2.24. The Bertz CT molecular complexity index is 1090. The van der Waals surface area contributed by atoms with E-state index < -0.39 is 5.69 Å². The van der Waals surface area contributed by atoms with Gasteiger partial charge in [-0.2, -0.15) is 0 Å². The average Bonchev–Trinajstić information content (AvgIpc) is 3.09. The lowest BCUT2D eigenvalue weighted by atomic mass is 10.2. The minimum absolute atomic E-state index is 0.276. The fraction of sp³-hybridized carbons (Fsp3) is 0.167. The standard InChI is InChI=1S/C18H13Cl2N3O2/c19-14-7-6-11(9-15(14)20)22-16-5-1-4-13(16)17(24)23(18(22)25)12-3-2-8-21-10-12/h2-3,6-10H,1,4-5H2. The van der Waals surface area contributed by atoms with Crippen LogP contribution in [-0.2, 0) is 12.8 Å². The van der Waals surface area contributed by atoms with Gasteiger partial charge in [-0.05, 0) is 49.6 Å². The van der Waals surface area contributed by atoms with Gasteiger partial charge in [-0.3, -0.25) is 14.3 Å². The molecular weight excluding hydrogens is 361 g/mol. The van der Waals surface area contributed by atoms with Gasteiger partial charge in [0.25, 0.3) is 5.56 Å². The number of hydrogen-bond acceptors (Lipinski definition) is 3. The lowest BCUT2D eigenvalue weighted by molar-refractivity contribution is 0.758. The van der Waals surface area contributed by atoms with Gasteiger partial charge in [0.1, 0.15) is 0 Å². The van der Waals surface area contributed by atoms with Crippen LogP contribution in [0.2, 0.25) is 10.0 Å². The lowest BCUT2D eigenvalue weighted by Crippen LogP contribution is -2.41. The summed E-state index contributed by atoms with van der Waals surface area (Å²) in [5, 5.41) is 0.771. The van der Waals surface area contributed by atoms with E-state index in [0.717, 1.165) is 12.1 Å². The van der Waals surface area contributed by atoms with Gasteiger partial charge in [0.2, 0.25) is 0 Å². The van der Waals surface area contributed by atoms with E-state index in [2.05, 4.69) is 4.98 Å². The third-order valence-corrected chi connectivity index (χ3v) is 5.11. The van der Waals surface area contributed by atoms with Crippen molar-refractivity contribution < 1.29 is 0 Å². The molecule has 4 rings (SSSR count). The van der Waals surface area contributed by atoms with Crippen LogP contribution in [0.3, 0.4) is 0 Å². The molecule has 0 aliphatic heterocycles. The number of fused-ring (bicyclic) bond motifs is 1. The molecule has 0 atom stereocenters. The summed E-state index contributed by atoms with van der Waals surface area (Å²) in [4.78, 5) is 30.0. The quantitative estimate of drug-likeness (QED) is 0.692. The van der Waals surface area contributed by atoms with Crippen molar-refractivity contribution in [1.82, 2.24) is 14.1 Å². The summed E-state index contributed by atoms with van der Waals surface area (Å²) in [6, 6.07) is 8.40. The molecular formula is C18H13Cl2N3O2. The van der Waals surface area contributed by atoms with Crippen LogP contribution in [0.1, 0.15) is 17.7 Å². The Balaban J connectivity index is 2.09. The van der Waals surface area contributed by atoms with Gasteiger partial charge in [-0.1, -0.05) is 23.2 Å². The molecule has 1 aliphatic carbocycles. The van der Waals surface area contributed by atoms with Crippen molar-refractivity contribution in [2.24, 2.45) is 0 Å². The van der Waals surface area contributed by atoms with Gasteiger partial charge in [-0.15, -0.1) is 0 Å². The summed E-state index contributed by atoms with van der Waals surface area (Å²) in [5.41, 5.74) is 1.73. The van der Waals surface area contributed by atoms with E-state index in [1.54, 1.807) is 41.1 Å². The van der Waals surface area contributed by atoms with E-state index in [1.807, 2.05) is 0 Å². The molecule has 1 aromatic carbocycles. The Labute approximate surface area is 153 Å². The number of benzene rings is 1. The Hall–Kier alpha value is -2.37. The van der Waals surface area contributed by atoms with Gasteiger partial charge >= 0.3 is 5.69 Å². The number of hydrogen-bond donors (Lipinski definition) is 0. The summed E-state index contributed by atoms with van der Waals surface area (Å²) < 4.78 is 2.72. The van der Waals surface area contributed by atoms with Crippen molar-refractivity contribution in [2.75, 3.05) is 0 Å². The molecule has 0 radical (unpaired) electrons. The second-order valence-corrected chi connectivity index (χ2v) is 6.66. The third kappa shape index (κ3) is 2.60. The zero-order valence-electron chi connectivity index (χ0n) is 13.1. The Kier molecular flexibility index (Phi) is 3.98. The summed E-state index contributed by atoms with van der Waals surface area (Å²) in [6.45, 7) is 0. The highest BCUT2D eigenvalue weighted by molar-refractivity contribution is 6.42. The van der Waals surface area contributed by atoms with Gasteiger partial charge in [0.15, 0.2) is 0 Å². The van der Waals surface area contributed by atoms with Crippen LogP contribution >= 0.6 is 23.2 Å². The average molecular weight is 374 g/mol. The van der Waals surface area contributed by atoms with Crippen molar-refractivity contribution >= 4 is 23.2 Å². The minimum Gasteiger partial charge on any atom is -0.268 e. The van der Waals surface area contributed by atoms with Crippen LogP contribution in [0.4, 0.5) is 0 Å². The Morgan fingerprint density at radius 3 is 2.52 bits per heavy atom. The molecule has 0 unspecified atom stereocenters. The van der Waals surface area contributed by atoms with E-state index in [4.69, 9.17) is 23.2 Å². The molecule has 5 nitrogen and oxygen atoms in total. The van der Waals surface area contributed by atoms with Crippen molar-refractivity contribution in [3.63, 3.8) is 0 Å². The normalized spacial score (nSPS) is 13.0. The van der Waals surface area contributed by atoms with Gasteiger partial charge in [0, 0.05) is 17.5 Å². The van der Waals surface area contributed by atoms with E-state index >= 15 is 0 Å². The first kappa shape index (κ1) is 16.1. The molecule has 0 saturated carbocycles. The molecule has 7 heteroatoms. The maximum atomic E-state index is 13.2. The highest BCUT2D eigenvalue weighted by Crippen LogP contribution is 2.26. The monoisotopic (exact) mass is 373 g/mol. The topological polar surface area (TPSA) is 56.9 Å². The Morgan fingerprint density at radius 1 is 0.960 bits per heavy atom. The van der Waals surface area contributed by atoms with Crippen molar-refractivity contribution in [3.8, 4) is 11.4 Å². The fourth-order valence-electron chi connectivity index (χ4n) is 3.25. The molecule has 1 aliphatic rings. The number of aromatic nitrogens is 3. The van der Waals surface area contributed by atoms with Crippen LogP contribution in [0.25, 0.3) is 11.4 Å². The number of pyridine rings is 1. The number of nitrogens with zero attached hydrogens (tertiary/aromatic N) is 3. The molecule has 0 spiro atoms. The second kappa shape index (κ2) is 6.17. The summed E-state index contributed by atoms with van der Waals surface area (Å²) in [5.74, 6) is 0. The van der Waals surface area contributed by atoms with Crippen molar-refractivity contribution in [2.45, 2.75) is 19.3 Å². The maximum Gasteiger partial charge on any atom is 0.340 e. The predicted molar refractivity (Wildman–Crippen MR) is 97.5 cm³/mol. The zero-order chi connectivity index (χ0) is 17.6. The molecule has 0 N–H and O–H groups in total. The largest absolute Gasteiger partial charge is 0.340 e. The summed E-state index contributed by atoms with van der Waals surface area (Å²) in [7, 11) is 0. The molecule has 2 aromatic heterocycles. The second-order valence-electron chi connectivity index (χ2n) is 5.85. The summed E-state index contributed by atoms with van der Waals surface area (Å²) >= 11 is 12.1. The van der Waals surface area contributed by atoms with Crippen LogP contribution in [0, 0.1) is 0 Å². The molecule has 25 heavy (non-hydrogen) atoms. The van der Waals surface area contributed by atoms with E-state index in [-0.39, 0.29) is 5.56 Å². The molecule has 3 aromatic rings. The molecule has 0 bridgehead atoms. The van der Waals surface area contributed by atoms with E-state index in [1.165, 1.54) is 10.8 Å². The van der Waals surface area contributed by atoms with Gasteiger partial charge in [0.05, 0.1) is 27.6 Å². The van der Waals surface area contributed by atoms with Crippen molar-refractivity contribution in [1.29, 1.82) is 0 Å². The highest BCUT2D eigenvalue weighted by atomic mass is 35.5. The molecule has 0 saturated heterocycles. The zero-order valence-corrected chi connectivity index (χ0v) is 14.6. The van der Waals surface area contributed by atoms with Crippen LogP contribution in [0.5, 0.6) is 0 Å². The van der Waals surface area contributed by atoms with E-state index in [0.29, 0.717) is 39.8 Å². The smallest absolute Gasteiger partial charge is 0.268 e. The molecule has 0 amide bonds. The number of rotatable bonds is 2. The first-order valence-corrected chi connectivity index (χ1v) is 8.59. The van der Waals surface area contributed by atoms with Crippen LogP contribution < -0.4 is 11.2 Å². The van der Waals surface area contributed by atoms with E-state index in [9.17, 15) is 9.59 Å². The van der Waals surface area contributed by atoms with Gasteiger partial charge < -0.3 is 0 Å². The number of halogens is 2. The SMILES string of the molecule is O=c1c2c(n(-c3ccc(Cl)c(Cl)c3)c(=O)n1-c1cccnc1)CCC2. The fourth-order valence-corrected chi connectivity index (χ4v) is 3.54. The third-order valence-electron chi connectivity index (χ3n) is 4.37. The first-order valence-electron chi connectivity index (χ1n) is 7.83. The van der Waals surface area contributed by atoms with Crippen LogP contribution in [-0.4, -0.2) is 14.1 Å². The minimum atomic E-state index is -0.433. The van der Waals surface area contributed by atoms with Gasteiger partial charge in [-0.25, -0.2) is 9.36 Å². The first-order chi connectivity index (χ1) is 12.1.